The minimum atomic E-state index is 0.200. The van der Waals surface area contributed by atoms with Crippen molar-refractivity contribution in [2.24, 2.45) is 0 Å². The Morgan fingerprint density at radius 3 is 3.08 bits per heavy atom. The first kappa shape index (κ1) is 15.5. The average molecular weight is 344 g/mol. The summed E-state index contributed by atoms with van der Waals surface area (Å²) in [7, 11) is 1.62. The molecule has 1 amide bonds. The quantitative estimate of drug-likeness (QED) is 0.844. The number of amides is 1. The molecule has 6 nitrogen and oxygen atoms in total. The molecule has 0 saturated heterocycles. The van der Waals surface area contributed by atoms with Crippen molar-refractivity contribution in [3.63, 3.8) is 0 Å². The van der Waals surface area contributed by atoms with Crippen LogP contribution in [0.1, 0.15) is 21.7 Å². The lowest BCUT2D eigenvalue weighted by Crippen LogP contribution is -2.44. The van der Waals surface area contributed by atoms with Crippen molar-refractivity contribution in [3.05, 3.63) is 39.5 Å². The molecule has 0 saturated carbocycles. The zero-order valence-corrected chi connectivity index (χ0v) is 14.5. The van der Waals surface area contributed by atoms with Crippen LogP contribution in [0.2, 0.25) is 0 Å². The van der Waals surface area contributed by atoms with E-state index >= 15 is 0 Å². The first-order valence-electron chi connectivity index (χ1n) is 8.16. The average Bonchev–Trinajstić information content (AvgIpc) is 3.08. The summed E-state index contributed by atoms with van der Waals surface area (Å²) in [5.74, 6) is 0.823. The van der Waals surface area contributed by atoms with Crippen LogP contribution in [0.15, 0.2) is 17.8 Å². The molecular weight excluding hydrogens is 324 g/mol. The van der Waals surface area contributed by atoms with Gasteiger partial charge < -0.3 is 9.64 Å². The predicted molar refractivity (Wildman–Crippen MR) is 91.0 cm³/mol. The molecule has 0 unspecified atom stereocenters. The van der Waals surface area contributed by atoms with Gasteiger partial charge in [0, 0.05) is 43.0 Å². The molecule has 2 aromatic rings. The lowest BCUT2D eigenvalue weighted by molar-refractivity contribution is -0.133. The van der Waals surface area contributed by atoms with Crippen LogP contribution in [0.5, 0.6) is 5.88 Å². The van der Waals surface area contributed by atoms with Crippen molar-refractivity contribution in [2.75, 3.05) is 26.7 Å². The molecule has 4 heterocycles. The Bertz CT molecular complexity index is 747. The van der Waals surface area contributed by atoms with Crippen LogP contribution in [-0.2, 0) is 30.7 Å². The fourth-order valence-electron chi connectivity index (χ4n) is 3.43. The molecular formula is C17H20N4O2S. The normalized spacial score (nSPS) is 17.3. The van der Waals surface area contributed by atoms with E-state index in [4.69, 9.17) is 4.74 Å². The lowest BCUT2D eigenvalue weighted by atomic mass is 10.1. The minimum Gasteiger partial charge on any atom is -0.481 e. The number of nitrogens with zero attached hydrogens (tertiary/aromatic N) is 4. The molecule has 0 aliphatic carbocycles. The molecule has 0 spiro atoms. The summed E-state index contributed by atoms with van der Waals surface area (Å²) in [5.41, 5.74) is 3.35. The largest absolute Gasteiger partial charge is 0.481 e. The molecule has 0 fully saturated rings. The zero-order valence-electron chi connectivity index (χ0n) is 13.7. The highest BCUT2D eigenvalue weighted by Gasteiger charge is 2.26. The van der Waals surface area contributed by atoms with Crippen LogP contribution in [0.4, 0.5) is 0 Å². The van der Waals surface area contributed by atoms with Gasteiger partial charge in [-0.05, 0) is 23.4 Å². The maximum atomic E-state index is 12.7. The topological polar surface area (TPSA) is 58.6 Å². The summed E-state index contributed by atoms with van der Waals surface area (Å²) < 4.78 is 5.34. The highest BCUT2D eigenvalue weighted by atomic mass is 32.1. The molecule has 2 aliphatic rings. The highest BCUT2D eigenvalue weighted by Crippen LogP contribution is 2.26. The molecule has 0 atom stereocenters. The van der Waals surface area contributed by atoms with E-state index in [1.165, 1.54) is 10.4 Å². The molecule has 126 valence electrons. The Morgan fingerprint density at radius 2 is 2.21 bits per heavy atom. The summed E-state index contributed by atoms with van der Waals surface area (Å²) in [5, 5.41) is 2.12. The summed E-state index contributed by atoms with van der Waals surface area (Å²) in [6.07, 6.45) is 3.35. The first-order chi connectivity index (χ1) is 11.7. The SMILES string of the molecule is COc1ncnc2c1CN(CC(=O)N1CCc3sccc3C1)CC2. The van der Waals surface area contributed by atoms with Crippen molar-refractivity contribution < 1.29 is 9.53 Å². The number of hydrogen-bond acceptors (Lipinski definition) is 6. The number of methoxy groups -OCH3 is 1. The third-order valence-electron chi connectivity index (χ3n) is 4.75. The molecule has 0 radical (unpaired) electrons. The van der Waals surface area contributed by atoms with Crippen LogP contribution < -0.4 is 4.74 Å². The molecule has 0 N–H and O–H groups in total. The lowest BCUT2D eigenvalue weighted by Gasteiger charge is -2.32. The smallest absolute Gasteiger partial charge is 0.237 e. The maximum absolute atomic E-state index is 12.7. The Morgan fingerprint density at radius 1 is 1.29 bits per heavy atom. The molecule has 7 heteroatoms. The van der Waals surface area contributed by atoms with Crippen LogP contribution in [0.25, 0.3) is 0 Å². The molecule has 0 bridgehead atoms. The van der Waals surface area contributed by atoms with Gasteiger partial charge in [0.2, 0.25) is 11.8 Å². The van der Waals surface area contributed by atoms with Crippen molar-refractivity contribution >= 4 is 17.2 Å². The van der Waals surface area contributed by atoms with Gasteiger partial charge in [0.1, 0.15) is 6.33 Å². The number of carbonyl (C=O) groups is 1. The molecule has 2 aliphatic heterocycles. The van der Waals surface area contributed by atoms with Gasteiger partial charge in [0.15, 0.2) is 0 Å². The van der Waals surface area contributed by atoms with E-state index < -0.39 is 0 Å². The molecule has 0 aromatic carbocycles. The van der Waals surface area contributed by atoms with E-state index in [1.54, 1.807) is 24.8 Å². The second-order valence-corrected chi connectivity index (χ2v) is 7.20. The summed E-state index contributed by atoms with van der Waals surface area (Å²) >= 11 is 1.79. The van der Waals surface area contributed by atoms with Crippen molar-refractivity contribution in [1.29, 1.82) is 0 Å². The fourth-order valence-corrected chi connectivity index (χ4v) is 4.32. The van der Waals surface area contributed by atoms with Crippen molar-refractivity contribution in [3.8, 4) is 5.88 Å². The van der Waals surface area contributed by atoms with Crippen LogP contribution in [-0.4, -0.2) is 52.4 Å². The Balaban J connectivity index is 1.42. The first-order valence-corrected chi connectivity index (χ1v) is 9.04. The van der Waals surface area contributed by atoms with Crippen LogP contribution in [0, 0.1) is 0 Å². The summed E-state index contributed by atoms with van der Waals surface area (Å²) in [6.45, 7) is 3.52. The number of carbonyl (C=O) groups excluding carboxylic acids is 1. The standard InChI is InChI=1S/C17H20N4O2S/c1-23-17-13-9-20(5-2-14(13)18-11-19-17)10-16(22)21-6-3-15-12(8-21)4-7-24-15/h4,7,11H,2-3,5-6,8-10H2,1H3. The van der Waals surface area contributed by atoms with Gasteiger partial charge in [-0.3, -0.25) is 9.69 Å². The third-order valence-corrected chi connectivity index (χ3v) is 5.78. The van der Waals surface area contributed by atoms with Crippen LogP contribution >= 0.6 is 11.3 Å². The number of fused-ring (bicyclic) bond motifs is 2. The van der Waals surface area contributed by atoms with Gasteiger partial charge in [0.05, 0.1) is 19.3 Å². The summed E-state index contributed by atoms with van der Waals surface area (Å²) in [4.78, 5) is 26.8. The van der Waals surface area contributed by atoms with Gasteiger partial charge in [-0.1, -0.05) is 0 Å². The van der Waals surface area contributed by atoms with E-state index in [0.29, 0.717) is 19.0 Å². The van der Waals surface area contributed by atoms with Gasteiger partial charge in [-0.25, -0.2) is 9.97 Å². The number of thiophene rings is 1. The maximum Gasteiger partial charge on any atom is 0.237 e. The number of aromatic nitrogens is 2. The van der Waals surface area contributed by atoms with E-state index in [1.807, 2.05) is 4.90 Å². The summed E-state index contributed by atoms with van der Waals surface area (Å²) in [6, 6.07) is 2.14. The van der Waals surface area contributed by atoms with E-state index in [2.05, 4.69) is 26.3 Å². The third kappa shape index (κ3) is 2.89. The Labute approximate surface area is 145 Å². The van der Waals surface area contributed by atoms with Gasteiger partial charge in [-0.2, -0.15) is 0 Å². The highest BCUT2D eigenvalue weighted by molar-refractivity contribution is 7.10. The molecule has 24 heavy (non-hydrogen) atoms. The van der Waals surface area contributed by atoms with Crippen molar-refractivity contribution in [1.82, 2.24) is 19.8 Å². The molecule has 4 rings (SSSR count). The monoisotopic (exact) mass is 344 g/mol. The van der Waals surface area contributed by atoms with Gasteiger partial charge in [-0.15, -0.1) is 11.3 Å². The predicted octanol–water partition coefficient (Wildman–Crippen LogP) is 1.49. The zero-order chi connectivity index (χ0) is 16.5. The number of ether oxygens (including phenoxy) is 1. The van der Waals surface area contributed by atoms with E-state index in [-0.39, 0.29) is 5.91 Å². The van der Waals surface area contributed by atoms with E-state index in [9.17, 15) is 4.79 Å². The number of hydrogen-bond donors (Lipinski definition) is 0. The van der Waals surface area contributed by atoms with Crippen molar-refractivity contribution in [2.45, 2.75) is 25.9 Å². The second kappa shape index (κ2) is 6.49. The minimum absolute atomic E-state index is 0.200. The fraction of sp³-hybridized carbons (Fsp3) is 0.471. The van der Waals surface area contributed by atoms with E-state index in [0.717, 1.165) is 43.7 Å². The van der Waals surface area contributed by atoms with Gasteiger partial charge in [0.25, 0.3) is 0 Å². The van der Waals surface area contributed by atoms with Gasteiger partial charge >= 0.3 is 0 Å². The Hall–Kier alpha value is -1.99. The molecule has 2 aromatic heterocycles. The second-order valence-electron chi connectivity index (χ2n) is 6.20. The van der Waals surface area contributed by atoms with Crippen LogP contribution in [0.3, 0.4) is 0 Å². The number of rotatable bonds is 3. The Kier molecular flexibility index (Phi) is 4.20.